The van der Waals surface area contributed by atoms with E-state index in [1.54, 1.807) is 43.2 Å². The Morgan fingerprint density at radius 3 is 2.67 bits per heavy atom. The van der Waals surface area contributed by atoms with Crippen LogP contribution in [0, 0.1) is 11.8 Å². The molecule has 7 heteroatoms. The number of esters is 1. The van der Waals surface area contributed by atoms with Crippen LogP contribution >= 0.6 is 11.8 Å². The van der Waals surface area contributed by atoms with Crippen LogP contribution < -0.4 is 0 Å². The highest BCUT2D eigenvalue weighted by molar-refractivity contribution is 7.99. The molecule has 0 aliphatic heterocycles. The number of hydrogen-bond acceptors (Lipinski definition) is 6. The number of hydrogen-bond donors (Lipinski definition) is 0. The first kappa shape index (κ1) is 27.4. The maximum atomic E-state index is 12.9. The van der Waals surface area contributed by atoms with E-state index >= 15 is 0 Å². The normalized spacial score (nSPS) is 14.7. The maximum absolute atomic E-state index is 12.9. The van der Waals surface area contributed by atoms with Gasteiger partial charge in [-0.25, -0.2) is 0 Å². The van der Waals surface area contributed by atoms with Gasteiger partial charge in [0.25, 0.3) is 0 Å². The molecule has 0 N–H and O–H groups in total. The van der Waals surface area contributed by atoms with E-state index in [9.17, 15) is 14.4 Å². The third kappa shape index (κ3) is 10.3. The van der Waals surface area contributed by atoms with Crippen LogP contribution in [0.2, 0.25) is 0 Å². The Morgan fingerprint density at radius 1 is 1.21 bits per heavy atom. The number of pyridine rings is 1. The predicted molar refractivity (Wildman–Crippen MR) is 133 cm³/mol. The minimum absolute atomic E-state index is 0.0639. The Balaban J connectivity index is 1.86. The van der Waals surface area contributed by atoms with Crippen molar-refractivity contribution in [1.82, 2.24) is 9.88 Å². The quantitative estimate of drug-likeness (QED) is 0.186. The molecule has 1 fully saturated rings. The first-order valence-corrected chi connectivity index (χ1v) is 13.7. The average molecular weight is 477 g/mol. The molecule has 0 aromatic carbocycles. The van der Waals surface area contributed by atoms with Crippen LogP contribution in [0.4, 0.5) is 0 Å². The van der Waals surface area contributed by atoms with Gasteiger partial charge in [-0.15, -0.1) is 0 Å². The smallest absolute Gasteiger partial charge is 0.306 e. The fourth-order valence-electron chi connectivity index (χ4n) is 4.29. The topological polar surface area (TPSA) is 76.6 Å². The van der Waals surface area contributed by atoms with Crippen molar-refractivity contribution in [3.05, 3.63) is 30.1 Å². The monoisotopic (exact) mass is 476 g/mol. The zero-order valence-corrected chi connectivity index (χ0v) is 21.1. The van der Waals surface area contributed by atoms with E-state index in [1.165, 1.54) is 25.7 Å². The van der Waals surface area contributed by atoms with Gasteiger partial charge >= 0.3 is 5.97 Å². The van der Waals surface area contributed by atoms with E-state index < -0.39 is 5.92 Å². The summed E-state index contributed by atoms with van der Waals surface area (Å²) >= 11 is 1.62. The highest BCUT2D eigenvalue weighted by Gasteiger charge is 2.24. The molecule has 1 amide bonds. The van der Waals surface area contributed by atoms with Crippen LogP contribution in [-0.2, 0) is 14.3 Å². The molecule has 1 aliphatic rings. The molecule has 1 saturated carbocycles. The number of Topliss-reactive ketones (excluding diaryl/α,β-unsaturated/α-hetero) is 1. The van der Waals surface area contributed by atoms with Crippen molar-refractivity contribution in [1.29, 1.82) is 0 Å². The van der Waals surface area contributed by atoms with Crippen LogP contribution in [0.25, 0.3) is 0 Å². The van der Waals surface area contributed by atoms with E-state index in [0.717, 1.165) is 37.5 Å². The van der Waals surface area contributed by atoms with Gasteiger partial charge in [-0.05, 0) is 37.8 Å². The maximum Gasteiger partial charge on any atom is 0.306 e. The zero-order chi connectivity index (χ0) is 23.9. The summed E-state index contributed by atoms with van der Waals surface area (Å²) < 4.78 is 5.08. The zero-order valence-electron chi connectivity index (χ0n) is 20.3. The van der Waals surface area contributed by atoms with Crippen LogP contribution in [-0.4, -0.2) is 58.7 Å². The second kappa shape index (κ2) is 15.9. The van der Waals surface area contributed by atoms with Crippen LogP contribution in [0.15, 0.2) is 24.5 Å². The molecular formula is C26H40N2O4S. The van der Waals surface area contributed by atoms with E-state index in [4.69, 9.17) is 4.74 Å². The number of carbonyl (C=O) groups is 3. The van der Waals surface area contributed by atoms with Gasteiger partial charge in [-0.2, -0.15) is 11.8 Å². The molecule has 1 unspecified atom stereocenters. The van der Waals surface area contributed by atoms with Crippen molar-refractivity contribution < 1.29 is 19.1 Å². The molecule has 184 valence electrons. The highest BCUT2D eigenvalue weighted by atomic mass is 32.2. The molecular weight excluding hydrogens is 436 g/mol. The molecule has 1 aromatic heterocycles. The van der Waals surface area contributed by atoms with E-state index in [0.29, 0.717) is 30.9 Å². The number of amides is 1. The van der Waals surface area contributed by atoms with Gasteiger partial charge in [0, 0.05) is 54.9 Å². The summed E-state index contributed by atoms with van der Waals surface area (Å²) in [5.74, 6) is 1.35. The first-order chi connectivity index (χ1) is 16.0. The lowest BCUT2D eigenvalue weighted by Gasteiger charge is -2.24. The third-order valence-corrected chi connectivity index (χ3v) is 7.34. The molecule has 2 rings (SSSR count). The van der Waals surface area contributed by atoms with E-state index in [2.05, 4.69) is 11.9 Å². The summed E-state index contributed by atoms with van der Waals surface area (Å²) in [5.41, 5.74) is 0.513. The average Bonchev–Trinajstić information content (AvgIpc) is 3.35. The van der Waals surface area contributed by atoms with Crippen LogP contribution in [0.3, 0.4) is 0 Å². The Kier molecular flexibility index (Phi) is 13.1. The summed E-state index contributed by atoms with van der Waals surface area (Å²) in [4.78, 5) is 43.9. The van der Waals surface area contributed by atoms with Crippen molar-refractivity contribution in [3.63, 3.8) is 0 Å². The second-order valence-electron chi connectivity index (χ2n) is 8.81. The highest BCUT2D eigenvalue weighted by Crippen LogP contribution is 2.28. The Bertz CT molecular complexity index is 722. The predicted octanol–water partition coefficient (Wildman–Crippen LogP) is 5.17. The number of rotatable bonds is 16. The summed E-state index contributed by atoms with van der Waals surface area (Å²) in [6, 6.07) is 3.46. The number of ether oxygens (including phenoxy) is 1. The number of aromatic nitrogens is 1. The van der Waals surface area contributed by atoms with Crippen molar-refractivity contribution in [3.8, 4) is 0 Å². The number of carbonyl (C=O) groups excluding carboxylic acids is 3. The second-order valence-corrected chi connectivity index (χ2v) is 9.96. The lowest BCUT2D eigenvalue weighted by molar-refractivity contribution is -0.143. The first-order valence-electron chi connectivity index (χ1n) is 12.5. The molecule has 1 aromatic rings. The van der Waals surface area contributed by atoms with Gasteiger partial charge in [-0.1, -0.05) is 39.0 Å². The summed E-state index contributed by atoms with van der Waals surface area (Å²) in [6.45, 7) is 5.68. The van der Waals surface area contributed by atoms with Crippen LogP contribution in [0.5, 0.6) is 0 Å². The lowest BCUT2D eigenvalue weighted by atomic mass is 9.97. The molecule has 1 aliphatic carbocycles. The Labute approximate surface area is 203 Å². The van der Waals surface area contributed by atoms with Crippen molar-refractivity contribution in [2.24, 2.45) is 11.8 Å². The fraction of sp³-hybridized carbons (Fsp3) is 0.692. The van der Waals surface area contributed by atoms with Gasteiger partial charge in [0.05, 0.1) is 13.0 Å². The Hall–Kier alpha value is -1.89. The summed E-state index contributed by atoms with van der Waals surface area (Å²) in [7, 11) is 0. The van der Waals surface area contributed by atoms with Crippen LogP contribution in [0.1, 0.15) is 82.0 Å². The minimum atomic E-state index is -0.458. The molecule has 33 heavy (non-hydrogen) atoms. The molecule has 0 radical (unpaired) electrons. The molecule has 6 nitrogen and oxygen atoms in total. The fourth-order valence-corrected chi connectivity index (χ4v) is 5.36. The Morgan fingerprint density at radius 2 is 2.00 bits per heavy atom. The largest absolute Gasteiger partial charge is 0.466 e. The molecule has 0 spiro atoms. The van der Waals surface area contributed by atoms with Crippen molar-refractivity contribution in [2.75, 3.05) is 31.2 Å². The van der Waals surface area contributed by atoms with E-state index in [1.807, 2.05) is 4.90 Å². The standard InChI is InChI=1S/C26H40N2O4S/c1-3-5-15-28(24(29)13-12-21-9-6-7-10-21)16-17-33-20-23(18-25(30)32-4-2)26(31)22-11-8-14-27-19-22/h8,11,14,19,21,23H,3-7,9-10,12-13,15-18,20H2,1-2H3. The molecule has 1 atom stereocenters. The minimum Gasteiger partial charge on any atom is -0.466 e. The molecule has 1 heterocycles. The number of unbranched alkanes of at least 4 members (excludes halogenated alkanes) is 1. The SMILES string of the molecule is CCCCN(CCSCC(CC(=O)OCC)C(=O)c1cccnc1)C(=O)CCC1CCCC1. The van der Waals surface area contributed by atoms with Gasteiger partial charge in [-0.3, -0.25) is 19.4 Å². The number of nitrogens with zero attached hydrogens (tertiary/aromatic N) is 2. The number of thioether (sulfide) groups is 1. The van der Waals surface area contributed by atoms with Gasteiger partial charge < -0.3 is 9.64 Å². The van der Waals surface area contributed by atoms with Crippen molar-refractivity contribution in [2.45, 2.75) is 71.6 Å². The van der Waals surface area contributed by atoms with Crippen molar-refractivity contribution >= 4 is 29.4 Å². The van der Waals surface area contributed by atoms with Gasteiger partial charge in [0.1, 0.15) is 0 Å². The van der Waals surface area contributed by atoms with Gasteiger partial charge in [0.2, 0.25) is 5.91 Å². The lowest BCUT2D eigenvalue weighted by Crippen LogP contribution is -2.34. The summed E-state index contributed by atoms with van der Waals surface area (Å²) in [5, 5.41) is 0. The van der Waals surface area contributed by atoms with E-state index in [-0.39, 0.29) is 24.1 Å². The third-order valence-electron chi connectivity index (χ3n) is 6.24. The molecule has 0 saturated heterocycles. The number of ketones is 1. The molecule has 0 bridgehead atoms. The summed E-state index contributed by atoms with van der Waals surface area (Å²) in [6.07, 6.45) is 12.1. The van der Waals surface area contributed by atoms with Gasteiger partial charge in [0.15, 0.2) is 5.78 Å².